The topological polar surface area (TPSA) is 55.5 Å². The van der Waals surface area contributed by atoms with Crippen molar-refractivity contribution in [1.82, 2.24) is 20.5 Å². The highest BCUT2D eigenvalue weighted by atomic mass is 127. The number of fused-ring (bicyclic) bond motifs is 1. The number of nitrogens with zero attached hydrogens (tertiary/aromatic N) is 2. The lowest BCUT2D eigenvalue weighted by molar-refractivity contribution is 0.401. The minimum absolute atomic E-state index is 0. The molecule has 0 amide bonds. The molecule has 0 radical (unpaired) electrons. The maximum absolute atomic E-state index is 13.4. The van der Waals surface area contributed by atoms with Gasteiger partial charge in [-0.25, -0.2) is 9.38 Å². The fourth-order valence-electron chi connectivity index (χ4n) is 3.39. The lowest BCUT2D eigenvalue weighted by atomic mass is 10.1. The van der Waals surface area contributed by atoms with Crippen LogP contribution in [0.2, 0.25) is 0 Å². The normalized spacial score (nSPS) is 11.6. The van der Waals surface area contributed by atoms with Crippen molar-refractivity contribution in [2.24, 2.45) is 4.99 Å². The first-order valence-electron chi connectivity index (χ1n) is 10.1. The van der Waals surface area contributed by atoms with E-state index in [1.165, 1.54) is 28.8 Å². The lowest BCUT2D eigenvalue weighted by Gasteiger charge is -2.14. The van der Waals surface area contributed by atoms with E-state index < -0.39 is 0 Å². The second-order valence-corrected chi connectivity index (χ2v) is 7.38. The predicted molar refractivity (Wildman–Crippen MR) is 134 cm³/mol. The van der Waals surface area contributed by atoms with Crippen LogP contribution in [0.25, 0.3) is 10.9 Å². The van der Waals surface area contributed by atoms with Crippen LogP contribution >= 0.6 is 24.0 Å². The fourth-order valence-corrected chi connectivity index (χ4v) is 3.39. The monoisotopic (exact) mass is 523 g/mol. The van der Waals surface area contributed by atoms with Gasteiger partial charge in [0.15, 0.2) is 5.96 Å². The summed E-state index contributed by atoms with van der Waals surface area (Å²) in [5, 5.41) is 7.78. The standard InChI is InChI=1S/C23H30FN5.HI/c1-4-25-23(28-14-17-7-5-6-8-19(17)16-29(2)3)26-12-11-18-15-27-22-13-20(24)9-10-21(18)22;/h5-10,13,15,27H,4,11-12,14,16H2,1-3H3,(H2,25,26,28);1H. The minimum atomic E-state index is -0.222. The van der Waals surface area contributed by atoms with Gasteiger partial charge in [0.2, 0.25) is 0 Å². The van der Waals surface area contributed by atoms with Gasteiger partial charge in [-0.3, -0.25) is 0 Å². The van der Waals surface area contributed by atoms with Crippen LogP contribution in [0, 0.1) is 5.82 Å². The van der Waals surface area contributed by atoms with Crippen LogP contribution in [0.3, 0.4) is 0 Å². The van der Waals surface area contributed by atoms with Crippen LogP contribution in [-0.2, 0) is 19.5 Å². The van der Waals surface area contributed by atoms with E-state index in [-0.39, 0.29) is 29.8 Å². The van der Waals surface area contributed by atoms with Gasteiger partial charge in [-0.15, -0.1) is 24.0 Å². The highest BCUT2D eigenvalue weighted by molar-refractivity contribution is 14.0. The van der Waals surface area contributed by atoms with E-state index in [9.17, 15) is 4.39 Å². The highest BCUT2D eigenvalue weighted by Crippen LogP contribution is 2.19. The van der Waals surface area contributed by atoms with Crippen molar-refractivity contribution in [3.05, 3.63) is 71.2 Å². The van der Waals surface area contributed by atoms with E-state index in [1.807, 2.05) is 12.3 Å². The molecule has 0 saturated carbocycles. The average molecular weight is 523 g/mol. The molecule has 0 fully saturated rings. The van der Waals surface area contributed by atoms with Crippen LogP contribution < -0.4 is 10.6 Å². The quantitative estimate of drug-likeness (QED) is 0.235. The van der Waals surface area contributed by atoms with E-state index >= 15 is 0 Å². The Morgan fingerprint density at radius 2 is 1.83 bits per heavy atom. The van der Waals surface area contributed by atoms with Gasteiger partial charge in [0.1, 0.15) is 5.82 Å². The molecule has 2 aromatic carbocycles. The fraction of sp³-hybridized carbons (Fsp3) is 0.348. The number of benzene rings is 2. The molecule has 0 bridgehead atoms. The number of hydrogen-bond donors (Lipinski definition) is 3. The third kappa shape index (κ3) is 6.70. The van der Waals surface area contributed by atoms with E-state index in [2.05, 4.69) is 65.8 Å². The van der Waals surface area contributed by atoms with Gasteiger partial charge in [0, 0.05) is 36.7 Å². The number of aliphatic imine (C=N–C) groups is 1. The zero-order chi connectivity index (χ0) is 20.6. The molecule has 0 saturated heterocycles. The van der Waals surface area contributed by atoms with E-state index in [0.29, 0.717) is 6.54 Å². The summed E-state index contributed by atoms with van der Waals surface area (Å²) in [7, 11) is 4.15. The summed E-state index contributed by atoms with van der Waals surface area (Å²) in [5.74, 6) is 0.582. The van der Waals surface area contributed by atoms with Crippen molar-refractivity contribution >= 4 is 40.8 Å². The third-order valence-corrected chi connectivity index (χ3v) is 4.77. The summed E-state index contributed by atoms with van der Waals surface area (Å²) in [6.07, 6.45) is 2.78. The lowest BCUT2D eigenvalue weighted by Crippen LogP contribution is -2.38. The molecule has 0 spiro atoms. The number of aromatic nitrogens is 1. The Bertz CT molecular complexity index is 967. The van der Waals surface area contributed by atoms with Crippen LogP contribution in [-0.4, -0.2) is 43.0 Å². The molecule has 30 heavy (non-hydrogen) atoms. The van der Waals surface area contributed by atoms with Gasteiger partial charge in [-0.05, 0) is 62.3 Å². The van der Waals surface area contributed by atoms with Crippen LogP contribution in [0.1, 0.15) is 23.6 Å². The van der Waals surface area contributed by atoms with Crippen molar-refractivity contribution in [2.75, 3.05) is 27.2 Å². The van der Waals surface area contributed by atoms with Gasteiger partial charge in [0.05, 0.1) is 6.54 Å². The zero-order valence-corrected chi connectivity index (χ0v) is 20.2. The first-order chi connectivity index (χ1) is 14.1. The van der Waals surface area contributed by atoms with Gasteiger partial charge in [-0.1, -0.05) is 24.3 Å². The summed E-state index contributed by atoms with van der Waals surface area (Å²) < 4.78 is 13.4. The highest BCUT2D eigenvalue weighted by Gasteiger charge is 2.06. The molecule has 0 unspecified atom stereocenters. The molecular formula is C23H31FIN5. The average Bonchev–Trinajstić information content (AvgIpc) is 3.08. The van der Waals surface area contributed by atoms with Gasteiger partial charge >= 0.3 is 0 Å². The third-order valence-electron chi connectivity index (χ3n) is 4.77. The predicted octanol–water partition coefficient (Wildman–Crippen LogP) is 4.28. The van der Waals surface area contributed by atoms with Gasteiger partial charge < -0.3 is 20.5 Å². The summed E-state index contributed by atoms with van der Waals surface area (Å²) in [6, 6.07) is 13.3. The van der Waals surface area contributed by atoms with E-state index in [4.69, 9.17) is 4.99 Å². The number of guanidine groups is 1. The van der Waals surface area contributed by atoms with Gasteiger partial charge in [0.25, 0.3) is 0 Å². The van der Waals surface area contributed by atoms with Crippen LogP contribution in [0.5, 0.6) is 0 Å². The molecule has 7 heteroatoms. The van der Waals surface area contributed by atoms with Crippen LogP contribution in [0.4, 0.5) is 4.39 Å². The SMILES string of the molecule is CCNC(=NCc1ccccc1CN(C)C)NCCc1c[nH]c2cc(F)ccc12.I. The molecule has 5 nitrogen and oxygen atoms in total. The van der Waals surface area contributed by atoms with E-state index in [0.717, 1.165) is 42.9 Å². The first-order valence-corrected chi connectivity index (χ1v) is 10.1. The Morgan fingerprint density at radius 1 is 1.07 bits per heavy atom. The van der Waals surface area contributed by atoms with Crippen molar-refractivity contribution in [3.63, 3.8) is 0 Å². The molecule has 0 aliphatic rings. The molecule has 3 rings (SSSR count). The largest absolute Gasteiger partial charge is 0.361 e. The molecule has 1 heterocycles. The second kappa shape index (κ2) is 11.9. The summed E-state index contributed by atoms with van der Waals surface area (Å²) in [5.41, 5.74) is 4.53. The van der Waals surface area contributed by atoms with Crippen molar-refractivity contribution in [2.45, 2.75) is 26.4 Å². The maximum Gasteiger partial charge on any atom is 0.191 e. The number of hydrogen-bond acceptors (Lipinski definition) is 2. The van der Waals surface area contributed by atoms with E-state index in [1.54, 1.807) is 0 Å². The number of halogens is 2. The summed E-state index contributed by atoms with van der Waals surface area (Å²) in [6.45, 7) is 5.14. The Labute approximate surface area is 195 Å². The molecular weight excluding hydrogens is 492 g/mol. The molecule has 0 aliphatic carbocycles. The Hall–Kier alpha value is -2.13. The number of rotatable bonds is 8. The minimum Gasteiger partial charge on any atom is -0.361 e. The first kappa shape index (κ1) is 24.1. The maximum atomic E-state index is 13.4. The number of nitrogens with one attached hydrogen (secondary N) is 3. The molecule has 0 aliphatic heterocycles. The Kier molecular flexibility index (Phi) is 9.58. The van der Waals surface area contributed by atoms with Crippen molar-refractivity contribution in [3.8, 4) is 0 Å². The summed E-state index contributed by atoms with van der Waals surface area (Å²) >= 11 is 0. The Balaban J connectivity index is 0.00000320. The smallest absolute Gasteiger partial charge is 0.191 e. The number of aromatic amines is 1. The molecule has 162 valence electrons. The number of H-pyrrole nitrogens is 1. The molecule has 3 aromatic rings. The van der Waals surface area contributed by atoms with Crippen LogP contribution in [0.15, 0.2) is 53.7 Å². The second-order valence-electron chi connectivity index (χ2n) is 7.38. The van der Waals surface area contributed by atoms with Crippen molar-refractivity contribution in [1.29, 1.82) is 0 Å². The Morgan fingerprint density at radius 3 is 2.57 bits per heavy atom. The molecule has 3 N–H and O–H groups in total. The molecule has 0 atom stereocenters. The van der Waals surface area contributed by atoms with Gasteiger partial charge in [-0.2, -0.15) is 0 Å². The molecule has 1 aromatic heterocycles. The van der Waals surface area contributed by atoms with Crippen molar-refractivity contribution < 1.29 is 4.39 Å². The summed E-state index contributed by atoms with van der Waals surface area (Å²) in [4.78, 5) is 10.1. The zero-order valence-electron chi connectivity index (χ0n) is 17.8.